The third kappa shape index (κ3) is 3.96. The van der Waals surface area contributed by atoms with Crippen LogP contribution in [0.3, 0.4) is 0 Å². The Kier molecular flexibility index (Phi) is 4.30. The summed E-state index contributed by atoms with van der Waals surface area (Å²) in [4.78, 5) is 9.54. The molecule has 1 aromatic carbocycles. The lowest BCUT2D eigenvalue weighted by Crippen LogP contribution is -2.23. The largest absolute Gasteiger partial charge is 0.573 e. The molecule has 2 heterocycles. The Hall–Kier alpha value is -2.74. The zero-order valence-electron chi connectivity index (χ0n) is 12.4. The zero-order valence-corrected chi connectivity index (χ0v) is 12.4. The van der Waals surface area contributed by atoms with Gasteiger partial charge in [-0.2, -0.15) is 0 Å². The van der Waals surface area contributed by atoms with Gasteiger partial charge in [-0.25, -0.2) is 0 Å². The molecule has 1 unspecified atom stereocenters. The maximum Gasteiger partial charge on any atom is 0.573 e. The smallest absolute Gasteiger partial charge is 0.406 e. The van der Waals surface area contributed by atoms with Crippen molar-refractivity contribution in [2.75, 3.05) is 0 Å². The zero-order chi connectivity index (χ0) is 17.2. The fourth-order valence-corrected chi connectivity index (χ4v) is 2.38. The first kappa shape index (κ1) is 16.1. The summed E-state index contributed by atoms with van der Waals surface area (Å²) in [6.45, 7) is 0.336. The SMILES string of the molecule is NC1=CC(c2cccnc2)N(Cc2ccc(OC(F)(F)F)cc2)O1. The number of ether oxygens (including phenoxy) is 1. The van der Waals surface area contributed by atoms with Crippen LogP contribution in [-0.4, -0.2) is 16.4 Å². The summed E-state index contributed by atoms with van der Waals surface area (Å²) < 4.78 is 40.4. The van der Waals surface area contributed by atoms with Gasteiger partial charge in [0.1, 0.15) is 5.75 Å². The molecule has 0 bridgehead atoms. The average Bonchev–Trinajstić information content (AvgIpc) is 2.89. The van der Waals surface area contributed by atoms with Crippen LogP contribution in [0.15, 0.2) is 60.8 Å². The lowest BCUT2D eigenvalue weighted by molar-refractivity contribution is -0.274. The fourth-order valence-electron chi connectivity index (χ4n) is 2.38. The van der Waals surface area contributed by atoms with E-state index in [1.807, 2.05) is 6.07 Å². The van der Waals surface area contributed by atoms with E-state index in [-0.39, 0.29) is 17.7 Å². The number of hydrogen-bond donors (Lipinski definition) is 1. The molecule has 8 heteroatoms. The predicted molar refractivity (Wildman–Crippen MR) is 79.0 cm³/mol. The molecule has 0 radical (unpaired) electrons. The second-order valence-corrected chi connectivity index (χ2v) is 5.16. The first-order valence-electron chi connectivity index (χ1n) is 7.07. The van der Waals surface area contributed by atoms with E-state index < -0.39 is 6.36 Å². The number of rotatable bonds is 4. The summed E-state index contributed by atoms with van der Waals surface area (Å²) in [5.74, 6) is -0.00378. The molecule has 2 aromatic rings. The van der Waals surface area contributed by atoms with E-state index in [4.69, 9.17) is 10.6 Å². The van der Waals surface area contributed by atoms with Crippen LogP contribution >= 0.6 is 0 Å². The standard InChI is InChI=1S/C16H14F3N3O2/c17-16(18,19)23-13-5-3-11(4-6-13)10-22-14(8-15(20)24-22)12-2-1-7-21-9-12/h1-9,14H,10,20H2. The van der Waals surface area contributed by atoms with Crippen LogP contribution in [0.1, 0.15) is 17.2 Å². The molecule has 0 amide bonds. The van der Waals surface area contributed by atoms with Gasteiger partial charge in [0.15, 0.2) is 0 Å². The third-order valence-electron chi connectivity index (χ3n) is 3.38. The Morgan fingerprint density at radius 2 is 1.96 bits per heavy atom. The Balaban J connectivity index is 1.71. The number of alkyl halides is 3. The van der Waals surface area contributed by atoms with E-state index in [1.54, 1.807) is 41.7 Å². The first-order chi connectivity index (χ1) is 11.4. The Bertz CT molecular complexity index is 718. The number of aromatic nitrogens is 1. The Morgan fingerprint density at radius 1 is 1.21 bits per heavy atom. The highest BCUT2D eigenvalue weighted by molar-refractivity contribution is 5.28. The van der Waals surface area contributed by atoms with Gasteiger partial charge in [0.25, 0.3) is 0 Å². The molecule has 1 aromatic heterocycles. The van der Waals surface area contributed by atoms with Gasteiger partial charge in [-0.15, -0.1) is 18.2 Å². The van der Waals surface area contributed by atoms with Crippen LogP contribution in [0.2, 0.25) is 0 Å². The molecular weight excluding hydrogens is 323 g/mol. The van der Waals surface area contributed by atoms with Crippen LogP contribution in [0, 0.1) is 0 Å². The van der Waals surface area contributed by atoms with Crippen molar-refractivity contribution in [3.05, 3.63) is 71.9 Å². The normalized spacial score (nSPS) is 18.1. The molecule has 1 aliphatic rings. The molecule has 0 saturated carbocycles. The minimum atomic E-state index is -4.71. The number of halogens is 3. The van der Waals surface area contributed by atoms with Gasteiger partial charge in [-0.3, -0.25) is 4.98 Å². The van der Waals surface area contributed by atoms with Gasteiger partial charge in [-0.05, 0) is 29.3 Å². The molecule has 5 nitrogen and oxygen atoms in total. The number of hydrogen-bond acceptors (Lipinski definition) is 5. The second-order valence-electron chi connectivity index (χ2n) is 5.16. The molecule has 0 saturated heterocycles. The molecule has 1 atom stereocenters. The lowest BCUT2D eigenvalue weighted by atomic mass is 10.1. The summed E-state index contributed by atoms with van der Waals surface area (Å²) in [5, 5.41) is 1.63. The van der Waals surface area contributed by atoms with Crippen LogP contribution in [0.5, 0.6) is 5.75 Å². The number of nitrogens with two attached hydrogens (primary N) is 1. The van der Waals surface area contributed by atoms with Gasteiger partial charge in [0.2, 0.25) is 5.88 Å². The first-order valence-corrected chi connectivity index (χ1v) is 7.07. The van der Waals surface area contributed by atoms with Crippen molar-refractivity contribution < 1.29 is 22.7 Å². The minimum absolute atomic E-state index is 0.218. The van der Waals surface area contributed by atoms with Gasteiger partial charge in [-0.1, -0.05) is 18.2 Å². The van der Waals surface area contributed by atoms with E-state index in [9.17, 15) is 13.2 Å². The van der Waals surface area contributed by atoms with Gasteiger partial charge >= 0.3 is 6.36 Å². The summed E-state index contributed by atoms with van der Waals surface area (Å²) >= 11 is 0. The van der Waals surface area contributed by atoms with Crippen molar-refractivity contribution >= 4 is 0 Å². The number of nitrogens with zero attached hydrogens (tertiary/aromatic N) is 2. The summed E-state index contributed by atoms with van der Waals surface area (Å²) in [5.41, 5.74) is 7.38. The molecular formula is C16H14F3N3O2. The molecule has 0 spiro atoms. The third-order valence-corrected chi connectivity index (χ3v) is 3.38. The summed E-state index contributed by atoms with van der Waals surface area (Å²) in [7, 11) is 0. The molecule has 2 N–H and O–H groups in total. The van der Waals surface area contributed by atoms with Crippen LogP contribution < -0.4 is 10.5 Å². The highest BCUT2D eigenvalue weighted by Crippen LogP contribution is 2.31. The van der Waals surface area contributed by atoms with Crippen molar-refractivity contribution in [2.45, 2.75) is 18.9 Å². The van der Waals surface area contributed by atoms with Gasteiger partial charge in [0.05, 0.1) is 12.6 Å². The quantitative estimate of drug-likeness (QED) is 0.928. The van der Waals surface area contributed by atoms with Crippen molar-refractivity contribution in [3.63, 3.8) is 0 Å². The van der Waals surface area contributed by atoms with Crippen LogP contribution in [0.4, 0.5) is 13.2 Å². The van der Waals surface area contributed by atoms with Crippen molar-refractivity contribution in [3.8, 4) is 5.75 Å². The van der Waals surface area contributed by atoms with Crippen LogP contribution in [-0.2, 0) is 11.4 Å². The molecule has 1 aliphatic heterocycles. The topological polar surface area (TPSA) is 60.6 Å². The maximum absolute atomic E-state index is 12.2. The number of hydroxylamine groups is 2. The van der Waals surface area contributed by atoms with E-state index >= 15 is 0 Å². The summed E-state index contributed by atoms with van der Waals surface area (Å²) in [6, 6.07) is 9.08. The number of benzene rings is 1. The highest BCUT2D eigenvalue weighted by atomic mass is 19.4. The van der Waals surface area contributed by atoms with Crippen molar-refractivity contribution in [1.29, 1.82) is 0 Å². The van der Waals surface area contributed by atoms with Gasteiger partial charge in [0, 0.05) is 18.5 Å². The van der Waals surface area contributed by atoms with Crippen LogP contribution in [0.25, 0.3) is 0 Å². The van der Waals surface area contributed by atoms with E-state index in [0.29, 0.717) is 6.54 Å². The van der Waals surface area contributed by atoms with Crippen molar-refractivity contribution in [1.82, 2.24) is 10.0 Å². The molecule has 3 rings (SSSR count). The highest BCUT2D eigenvalue weighted by Gasteiger charge is 2.31. The molecule has 0 fully saturated rings. The van der Waals surface area contributed by atoms with Crippen molar-refractivity contribution in [2.24, 2.45) is 5.73 Å². The van der Waals surface area contributed by atoms with E-state index in [1.165, 1.54) is 12.1 Å². The van der Waals surface area contributed by atoms with Gasteiger partial charge < -0.3 is 15.3 Å². The maximum atomic E-state index is 12.2. The number of pyridine rings is 1. The minimum Gasteiger partial charge on any atom is -0.406 e. The monoisotopic (exact) mass is 337 g/mol. The Morgan fingerprint density at radius 3 is 2.58 bits per heavy atom. The fraction of sp³-hybridized carbons (Fsp3) is 0.188. The molecule has 0 aliphatic carbocycles. The summed E-state index contributed by atoms with van der Waals surface area (Å²) in [6.07, 6.45) is 0.411. The van der Waals surface area contributed by atoms with E-state index in [0.717, 1.165) is 11.1 Å². The average molecular weight is 337 g/mol. The predicted octanol–water partition coefficient (Wildman–Crippen LogP) is 3.27. The van der Waals surface area contributed by atoms with E-state index in [2.05, 4.69) is 9.72 Å². The molecule has 126 valence electrons. The lowest BCUT2D eigenvalue weighted by Gasteiger charge is -2.22. The molecule has 24 heavy (non-hydrogen) atoms. The second kappa shape index (κ2) is 6.40. The Labute approximate surface area is 136 Å².